The lowest BCUT2D eigenvalue weighted by molar-refractivity contribution is 0.372. The average Bonchev–Trinajstić information content (AvgIpc) is 3.19. The molecule has 0 aliphatic heterocycles. The third-order valence-corrected chi connectivity index (χ3v) is 5.42. The molecule has 0 aliphatic rings. The molecule has 130 valence electrons. The molecular formula is C18H12BrN3O3S. The molecule has 0 saturated carbocycles. The minimum Gasteiger partial charge on any atom is -0.503 e. The highest BCUT2D eigenvalue weighted by Crippen LogP contribution is 2.35. The molecule has 0 spiro atoms. The van der Waals surface area contributed by atoms with Gasteiger partial charge < -0.3 is 9.84 Å². The van der Waals surface area contributed by atoms with E-state index in [1.807, 2.05) is 12.1 Å². The largest absolute Gasteiger partial charge is 0.503 e. The molecule has 6 nitrogen and oxygen atoms in total. The summed E-state index contributed by atoms with van der Waals surface area (Å²) in [5, 5.41) is 9.90. The minimum atomic E-state index is -0.143. The molecule has 0 aliphatic carbocycles. The molecule has 1 N–H and O–H groups in total. The summed E-state index contributed by atoms with van der Waals surface area (Å²) < 4.78 is 7.72. The van der Waals surface area contributed by atoms with Gasteiger partial charge in [-0.05, 0) is 51.8 Å². The lowest BCUT2D eigenvalue weighted by Gasteiger charge is -2.06. The van der Waals surface area contributed by atoms with Crippen molar-refractivity contribution in [1.82, 2.24) is 14.4 Å². The van der Waals surface area contributed by atoms with Gasteiger partial charge in [0.15, 0.2) is 16.5 Å². The zero-order valence-electron chi connectivity index (χ0n) is 13.5. The Hall–Kier alpha value is -2.71. The normalized spacial score (nSPS) is 12.0. The van der Waals surface area contributed by atoms with Crippen LogP contribution in [0, 0.1) is 0 Å². The zero-order chi connectivity index (χ0) is 18.3. The van der Waals surface area contributed by atoms with Crippen LogP contribution in [0.25, 0.3) is 22.3 Å². The molecule has 4 rings (SSSR count). The highest BCUT2D eigenvalue weighted by Gasteiger charge is 2.11. The van der Waals surface area contributed by atoms with E-state index in [1.165, 1.54) is 22.8 Å². The van der Waals surface area contributed by atoms with E-state index in [1.54, 1.807) is 36.8 Å². The minimum absolute atomic E-state index is 0.0223. The Kier molecular flexibility index (Phi) is 4.21. The smallest absolute Gasteiger partial charge is 0.274 e. The third-order valence-electron chi connectivity index (χ3n) is 3.83. The molecular weight excluding hydrogens is 418 g/mol. The van der Waals surface area contributed by atoms with Crippen LogP contribution in [0.3, 0.4) is 0 Å². The van der Waals surface area contributed by atoms with Crippen molar-refractivity contribution in [2.24, 2.45) is 0 Å². The van der Waals surface area contributed by atoms with Gasteiger partial charge in [-0.1, -0.05) is 11.3 Å². The summed E-state index contributed by atoms with van der Waals surface area (Å²) in [5.41, 5.74) is 2.17. The summed E-state index contributed by atoms with van der Waals surface area (Å²) in [6.45, 7) is 0. The topological polar surface area (TPSA) is 76.7 Å². The van der Waals surface area contributed by atoms with Crippen LogP contribution in [0.1, 0.15) is 5.56 Å². The number of fused-ring (bicyclic) bond motifs is 1. The number of phenolic OH excluding ortho intramolecular Hbond substituents is 1. The Labute approximate surface area is 160 Å². The maximum atomic E-state index is 12.7. The lowest BCUT2D eigenvalue weighted by Crippen LogP contribution is -2.22. The van der Waals surface area contributed by atoms with Crippen molar-refractivity contribution in [3.05, 3.63) is 67.8 Å². The number of ether oxygens (including phenoxy) is 1. The molecule has 26 heavy (non-hydrogen) atoms. The van der Waals surface area contributed by atoms with E-state index < -0.39 is 0 Å². The molecule has 0 saturated heterocycles. The van der Waals surface area contributed by atoms with Gasteiger partial charge in [-0.3, -0.25) is 14.2 Å². The molecule has 3 heterocycles. The van der Waals surface area contributed by atoms with Crippen LogP contribution in [0.15, 0.2) is 52.1 Å². The molecule has 3 aromatic heterocycles. The highest BCUT2D eigenvalue weighted by molar-refractivity contribution is 9.10. The van der Waals surface area contributed by atoms with Crippen molar-refractivity contribution in [3.63, 3.8) is 0 Å². The second-order valence-corrected chi connectivity index (χ2v) is 7.35. The average molecular weight is 430 g/mol. The number of methoxy groups -OCH3 is 1. The van der Waals surface area contributed by atoms with Crippen molar-refractivity contribution in [3.8, 4) is 22.8 Å². The molecule has 0 bridgehead atoms. The molecule has 0 atom stereocenters. The predicted octanol–water partition coefficient (Wildman–Crippen LogP) is 2.84. The summed E-state index contributed by atoms with van der Waals surface area (Å²) >= 11 is 4.59. The van der Waals surface area contributed by atoms with Crippen molar-refractivity contribution < 1.29 is 9.84 Å². The highest BCUT2D eigenvalue weighted by atomic mass is 79.9. The maximum Gasteiger partial charge on any atom is 0.274 e. The number of halogens is 1. The van der Waals surface area contributed by atoms with Crippen LogP contribution in [0.2, 0.25) is 0 Å². The first-order valence-electron chi connectivity index (χ1n) is 7.57. The van der Waals surface area contributed by atoms with Crippen LogP contribution in [-0.4, -0.2) is 26.6 Å². The van der Waals surface area contributed by atoms with Crippen molar-refractivity contribution in [1.29, 1.82) is 0 Å². The predicted molar refractivity (Wildman–Crippen MR) is 104 cm³/mol. The van der Waals surface area contributed by atoms with Crippen LogP contribution < -0.4 is 14.8 Å². The Bertz CT molecular complexity index is 1220. The van der Waals surface area contributed by atoms with E-state index in [4.69, 9.17) is 4.74 Å². The summed E-state index contributed by atoms with van der Waals surface area (Å²) in [6.07, 6.45) is 6.87. The summed E-state index contributed by atoms with van der Waals surface area (Å²) in [6, 6.07) is 7.12. The fourth-order valence-electron chi connectivity index (χ4n) is 2.57. The Morgan fingerprint density at radius 2 is 2.23 bits per heavy atom. The number of aromatic nitrogens is 3. The second kappa shape index (κ2) is 6.54. The van der Waals surface area contributed by atoms with Gasteiger partial charge in [0, 0.05) is 24.2 Å². The van der Waals surface area contributed by atoms with E-state index in [2.05, 4.69) is 25.9 Å². The van der Waals surface area contributed by atoms with Crippen LogP contribution in [0.5, 0.6) is 11.5 Å². The van der Waals surface area contributed by atoms with Gasteiger partial charge >= 0.3 is 0 Å². The van der Waals surface area contributed by atoms with Crippen molar-refractivity contribution in [2.75, 3.05) is 7.11 Å². The van der Waals surface area contributed by atoms with Gasteiger partial charge in [0.25, 0.3) is 5.56 Å². The van der Waals surface area contributed by atoms with E-state index in [9.17, 15) is 9.90 Å². The number of pyridine rings is 1. The summed E-state index contributed by atoms with van der Waals surface area (Å²) in [7, 11) is 1.48. The van der Waals surface area contributed by atoms with Crippen LogP contribution in [-0.2, 0) is 0 Å². The molecule has 4 aromatic rings. The molecule has 0 fully saturated rings. The summed E-state index contributed by atoms with van der Waals surface area (Å²) in [4.78, 5) is 21.9. The molecule has 1 aromatic carbocycles. The zero-order valence-corrected chi connectivity index (χ0v) is 15.9. The first kappa shape index (κ1) is 16.7. The number of phenols is 1. The van der Waals surface area contributed by atoms with E-state index in [0.29, 0.717) is 25.4 Å². The van der Waals surface area contributed by atoms with Crippen LogP contribution >= 0.6 is 27.3 Å². The number of hydrogen-bond donors (Lipinski definition) is 1. The number of imidazole rings is 1. The van der Waals surface area contributed by atoms with Gasteiger partial charge in [-0.2, -0.15) is 0 Å². The number of thiazole rings is 1. The number of hydrogen-bond acceptors (Lipinski definition) is 6. The number of rotatable bonds is 3. The Morgan fingerprint density at radius 3 is 2.92 bits per heavy atom. The lowest BCUT2D eigenvalue weighted by atomic mass is 10.2. The molecule has 0 unspecified atom stereocenters. The fraction of sp³-hybridized carbons (Fsp3) is 0.0556. The first-order chi connectivity index (χ1) is 12.6. The van der Waals surface area contributed by atoms with Gasteiger partial charge in [0.05, 0.1) is 21.8 Å². The standard InChI is InChI=1S/C18H12BrN3O3S/c1-25-14-6-10(5-12(19)16(14)23)7-15-17(24)22-9-13(21-18(22)26-15)11-3-2-4-20-8-11/h2-9,23H,1H3. The molecule has 8 heteroatoms. The third kappa shape index (κ3) is 2.87. The number of benzene rings is 1. The monoisotopic (exact) mass is 429 g/mol. The summed E-state index contributed by atoms with van der Waals surface area (Å²) in [5.74, 6) is 0.354. The van der Waals surface area contributed by atoms with E-state index >= 15 is 0 Å². The molecule has 0 amide bonds. The van der Waals surface area contributed by atoms with Gasteiger partial charge in [-0.25, -0.2) is 4.98 Å². The van der Waals surface area contributed by atoms with Crippen molar-refractivity contribution >= 4 is 38.3 Å². The Balaban J connectivity index is 1.82. The van der Waals surface area contributed by atoms with E-state index in [-0.39, 0.29) is 11.3 Å². The van der Waals surface area contributed by atoms with Gasteiger partial charge in [-0.15, -0.1) is 0 Å². The first-order valence-corrected chi connectivity index (χ1v) is 9.18. The van der Waals surface area contributed by atoms with Crippen molar-refractivity contribution in [2.45, 2.75) is 0 Å². The fourth-order valence-corrected chi connectivity index (χ4v) is 3.99. The quantitative estimate of drug-likeness (QED) is 0.541. The van der Waals surface area contributed by atoms with Crippen LogP contribution in [0.4, 0.5) is 0 Å². The van der Waals surface area contributed by atoms with E-state index in [0.717, 1.165) is 11.1 Å². The second-order valence-electron chi connectivity index (χ2n) is 5.49. The number of nitrogens with zero attached hydrogens (tertiary/aromatic N) is 3. The van der Waals surface area contributed by atoms with Gasteiger partial charge in [0.1, 0.15) is 0 Å². The molecule has 0 radical (unpaired) electrons. The SMILES string of the molecule is COc1cc(C=c2sc3nc(-c4cccnc4)cn3c2=O)cc(Br)c1O. The number of aromatic hydroxyl groups is 1. The maximum absolute atomic E-state index is 12.7. The van der Waals surface area contributed by atoms with Gasteiger partial charge in [0.2, 0.25) is 0 Å². The Morgan fingerprint density at radius 1 is 1.38 bits per heavy atom.